The molecule has 198 valence electrons. The SMILES string of the molecule is CCCc1cc2c(=O)c(-c3ccc4c(c3)OCCO4)coc2cc1OCc1cc(=O)oc2cc(OC)ccc12. The summed E-state index contributed by atoms with van der Waals surface area (Å²) >= 11 is 0. The van der Waals surface area contributed by atoms with Crippen molar-refractivity contribution in [3.8, 4) is 34.1 Å². The van der Waals surface area contributed by atoms with Crippen molar-refractivity contribution in [2.24, 2.45) is 0 Å². The van der Waals surface area contributed by atoms with Crippen LogP contribution >= 0.6 is 0 Å². The lowest BCUT2D eigenvalue weighted by molar-refractivity contribution is 0.171. The second-order valence-electron chi connectivity index (χ2n) is 9.28. The molecule has 3 heterocycles. The molecular formula is C31H26O8. The normalized spacial score (nSPS) is 12.6. The maximum atomic E-state index is 13.6. The molecule has 8 nitrogen and oxygen atoms in total. The zero-order valence-corrected chi connectivity index (χ0v) is 21.6. The molecule has 0 aliphatic carbocycles. The second-order valence-corrected chi connectivity index (χ2v) is 9.28. The first-order valence-corrected chi connectivity index (χ1v) is 12.8. The van der Waals surface area contributed by atoms with E-state index >= 15 is 0 Å². The summed E-state index contributed by atoms with van der Waals surface area (Å²) in [5, 5.41) is 1.22. The highest BCUT2D eigenvalue weighted by Gasteiger charge is 2.18. The van der Waals surface area contributed by atoms with Crippen LogP contribution in [-0.2, 0) is 13.0 Å². The summed E-state index contributed by atoms with van der Waals surface area (Å²) in [6.45, 7) is 3.16. The lowest BCUT2D eigenvalue weighted by atomic mass is 10.0. The van der Waals surface area contributed by atoms with Crippen LogP contribution in [0.5, 0.6) is 23.0 Å². The van der Waals surface area contributed by atoms with Crippen molar-refractivity contribution in [3.63, 3.8) is 0 Å². The predicted molar refractivity (Wildman–Crippen MR) is 146 cm³/mol. The summed E-state index contributed by atoms with van der Waals surface area (Å²) < 4.78 is 34.0. The van der Waals surface area contributed by atoms with E-state index in [0.717, 1.165) is 17.4 Å². The molecule has 6 rings (SSSR count). The number of ether oxygens (including phenoxy) is 4. The summed E-state index contributed by atoms with van der Waals surface area (Å²) in [6.07, 6.45) is 3.02. The molecule has 3 aromatic carbocycles. The van der Waals surface area contributed by atoms with Crippen LogP contribution in [0.25, 0.3) is 33.1 Å². The zero-order valence-electron chi connectivity index (χ0n) is 21.6. The number of benzene rings is 3. The fraction of sp³-hybridized carbons (Fsp3) is 0.226. The molecule has 8 heteroatoms. The fourth-order valence-corrected chi connectivity index (χ4v) is 4.82. The van der Waals surface area contributed by atoms with Gasteiger partial charge in [-0.1, -0.05) is 19.4 Å². The third-order valence-electron chi connectivity index (χ3n) is 6.75. The minimum absolute atomic E-state index is 0.135. The van der Waals surface area contributed by atoms with Crippen molar-refractivity contribution in [1.82, 2.24) is 0 Å². The van der Waals surface area contributed by atoms with E-state index < -0.39 is 5.63 Å². The Labute approximate surface area is 223 Å². The highest BCUT2D eigenvalue weighted by molar-refractivity contribution is 5.84. The van der Waals surface area contributed by atoms with E-state index in [1.165, 1.54) is 12.3 Å². The van der Waals surface area contributed by atoms with E-state index in [4.69, 9.17) is 27.8 Å². The van der Waals surface area contributed by atoms with Crippen LogP contribution in [0.2, 0.25) is 0 Å². The quantitative estimate of drug-likeness (QED) is 0.243. The van der Waals surface area contributed by atoms with Crippen LogP contribution in [0.1, 0.15) is 24.5 Å². The Balaban J connectivity index is 1.36. The van der Waals surface area contributed by atoms with Gasteiger partial charge in [0.25, 0.3) is 0 Å². The van der Waals surface area contributed by atoms with Gasteiger partial charge in [0, 0.05) is 29.1 Å². The molecular weight excluding hydrogens is 500 g/mol. The molecule has 39 heavy (non-hydrogen) atoms. The van der Waals surface area contributed by atoms with E-state index in [2.05, 4.69) is 6.92 Å². The monoisotopic (exact) mass is 526 g/mol. The fourth-order valence-electron chi connectivity index (χ4n) is 4.82. The van der Waals surface area contributed by atoms with Crippen molar-refractivity contribution in [1.29, 1.82) is 0 Å². The summed E-state index contributed by atoms with van der Waals surface area (Å²) in [6, 6.07) is 15.7. The van der Waals surface area contributed by atoms with Crippen molar-refractivity contribution in [2.45, 2.75) is 26.4 Å². The molecule has 0 saturated carbocycles. The molecule has 0 N–H and O–H groups in total. The number of aryl methyl sites for hydroxylation is 1. The maximum absolute atomic E-state index is 13.6. The maximum Gasteiger partial charge on any atom is 0.336 e. The third kappa shape index (κ3) is 4.69. The highest BCUT2D eigenvalue weighted by Crippen LogP contribution is 2.35. The van der Waals surface area contributed by atoms with Gasteiger partial charge in [-0.05, 0) is 47.9 Å². The second kappa shape index (κ2) is 10.2. The molecule has 0 amide bonds. The summed E-state index contributed by atoms with van der Waals surface area (Å²) in [4.78, 5) is 25.7. The van der Waals surface area contributed by atoms with Gasteiger partial charge < -0.3 is 27.8 Å². The van der Waals surface area contributed by atoms with Crippen LogP contribution in [0, 0.1) is 0 Å². The van der Waals surface area contributed by atoms with E-state index in [-0.39, 0.29) is 12.0 Å². The van der Waals surface area contributed by atoms with E-state index in [9.17, 15) is 9.59 Å². The van der Waals surface area contributed by atoms with Crippen molar-refractivity contribution >= 4 is 21.9 Å². The van der Waals surface area contributed by atoms with E-state index in [1.807, 2.05) is 18.2 Å². The number of rotatable bonds is 7. The van der Waals surface area contributed by atoms with Crippen LogP contribution in [0.3, 0.4) is 0 Å². The Bertz CT molecular complexity index is 1810. The Morgan fingerprint density at radius 3 is 2.51 bits per heavy atom. The smallest absolute Gasteiger partial charge is 0.336 e. The molecule has 0 bridgehead atoms. The van der Waals surface area contributed by atoms with E-state index in [0.29, 0.717) is 75.9 Å². The van der Waals surface area contributed by atoms with Gasteiger partial charge >= 0.3 is 5.63 Å². The number of hydrogen-bond acceptors (Lipinski definition) is 8. The van der Waals surface area contributed by atoms with Crippen LogP contribution in [0.4, 0.5) is 0 Å². The van der Waals surface area contributed by atoms with Gasteiger partial charge in [0.15, 0.2) is 11.5 Å². The number of hydrogen-bond donors (Lipinski definition) is 0. The molecule has 2 aromatic heterocycles. The predicted octanol–water partition coefficient (Wildman–Crippen LogP) is 5.88. The van der Waals surface area contributed by atoms with Crippen molar-refractivity contribution in [3.05, 3.63) is 92.6 Å². The van der Waals surface area contributed by atoms with Gasteiger partial charge in [0.2, 0.25) is 5.43 Å². The molecule has 0 spiro atoms. The standard InChI is InChI=1S/C31H26O8/c1-3-4-19-11-23-27(38-17-24(31(23)33)18-5-8-25-29(12-18)36-10-9-35-25)15-26(19)37-16-20-13-30(32)39-28-14-21(34-2)6-7-22(20)28/h5-8,11-15,17H,3-4,9-10,16H2,1-2H3. The summed E-state index contributed by atoms with van der Waals surface area (Å²) in [7, 11) is 1.55. The average Bonchev–Trinajstić information content (AvgIpc) is 2.96. The molecule has 0 unspecified atom stereocenters. The Morgan fingerprint density at radius 2 is 1.69 bits per heavy atom. The van der Waals surface area contributed by atoms with Gasteiger partial charge in [-0.15, -0.1) is 0 Å². The Hall–Kier alpha value is -4.72. The van der Waals surface area contributed by atoms with Crippen LogP contribution < -0.4 is 30.0 Å². The lowest BCUT2D eigenvalue weighted by Crippen LogP contribution is -2.15. The average molecular weight is 527 g/mol. The molecule has 0 radical (unpaired) electrons. The largest absolute Gasteiger partial charge is 0.497 e. The van der Waals surface area contributed by atoms with Gasteiger partial charge in [0.05, 0.1) is 18.1 Å². The van der Waals surface area contributed by atoms with E-state index in [1.54, 1.807) is 37.4 Å². The Kier molecular flexibility index (Phi) is 6.44. The van der Waals surface area contributed by atoms with Crippen LogP contribution in [-0.4, -0.2) is 20.3 Å². The van der Waals surface area contributed by atoms with Crippen molar-refractivity contribution in [2.75, 3.05) is 20.3 Å². The van der Waals surface area contributed by atoms with Gasteiger partial charge in [-0.25, -0.2) is 4.79 Å². The summed E-state index contributed by atoms with van der Waals surface area (Å²) in [5.74, 6) is 2.45. The first kappa shape index (κ1) is 24.6. The van der Waals surface area contributed by atoms with Gasteiger partial charge in [-0.2, -0.15) is 0 Å². The lowest BCUT2D eigenvalue weighted by Gasteiger charge is -2.18. The van der Waals surface area contributed by atoms with Crippen LogP contribution in [0.15, 0.2) is 79.3 Å². The first-order chi connectivity index (χ1) is 19.0. The number of methoxy groups -OCH3 is 1. The summed E-state index contributed by atoms with van der Waals surface area (Å²) in [5.41, 5.74) is 2.92. The third-order valence-corrected chi connectivity index (χ3v) is 6.75. The zero-order chi connectivity index (χ0) is 26.9. The molecule has 0 saturated heterocycles. The molecule has 5 aromatic rings. The topological polar surface area (TPSA) is 97.3 Å². The molecule has 1 aliphatic heterocycles. The number of fused-ring (bicyclic) bond motifs is 3. The minimum Gasteiger partial charge on any atom is -0.497 e. The molecule has 0 atom stereocenters. The molecule has 1 aliphatic rings. The highest BCUT2D eigenvalue weighted by atomic mass is 16.6. The van der Waals surface area contributed by atoms with Gasteiger partial charge in [-0.3, -0.25) is 4.79 Å². The van der Waals surface area contributed by atoms with Gasteiger partial charge in [0.1, 0.15) is 48.7 Å². The molecule has 0 fully saturated rings. The van der Waals surface area contributed by atoms with Crippen molar-refractivity contribution < 1.29 is 27.8 Å². The Morgan fingerprint density at radius 1 is 0.846 bits per heavy atom. The minimum atomic E-state index is -0.473. The first-order valence-electron chi connectivity index (χ1n) is 12.8.